The van der Waals surface area contributed by atoms with Crippen LogP contribution >= 0.6 is 0 Å². The molecule has 3 rings (SSSR count). The van der Waals surface area contributed by atoms with E-state index in [2.05, 4.69) is 11.4 Å². The van der Waals surface area contributed by atoms with Gasteiger partial charge in [0.25, 0.3) is 0 Å². The second-order valence-electron chi connectivity index (χ2n) is 3.95. The van der Waals surface area contributed by atoms with Gasteiger partial charge in [0.05, 0.1) is 0 Å². The van der Waals surface area contributed by atoms with Gasteiger partial charge in [-0.1, -0.05) is 12.1 Å². The van der Waals surface area contributed by atoms with Gasteiger partial charge in [-0.15, -0.1) is 0 Å². The Morgan fingerprint density at radius 3 is 3.23 bits per heavy atom. The summed E-state index contributed by atoms with van der Waals surface area (Å²) < 4.78 is 0. The second-order valence-corrected chi connectivity index (χ2v) is 3.95. The molecule has 0 aromatic heterocycles. The van der Waals surface area contributed by atoms with Crippen LogP contribution in [-0.4, -0.2) is 12.8 Å². The molecular formula is C11H11NO. The summed E-state index contributed by atoms with van der Waals surface area (Å²) in [5.41, 5.74) is 3.34. The first kappa shape index (κ1) is 7.13. The SMILES string of the molecule is O=Cc1ccc2c(c1)NCC1CC21. The van der Waals surface area contributed by atoms with Crippen LogP contribution in [0, 0.1) is 5.92 Å². The molecule has 1 saturated carbocycles. The van der Waals surface area contributed by atoms with Gasteiger partial charge in [-0.25, -0.2) is 0 Å². The fourth-order valence-corrected chi connectivity index (χ4v) is 2.22. The van der Waals surface area contributed by atoms with Crippen LogP contribution in [-0.2, 0) is 0 Å². The van der Waals surface area contributed by atoms with Crippen LogP contribution in [0.3, 0.4) is 0 Å². The largest absolute Gasteiger partial charge is 0.384 e. The highest BCUT2D eigenvalue weighted by Crippen LogP contribution is 2.52. The van der Waals surface area contributed by atoms with E-state index in [1.54, 1.807) is 0 Å². The van der Waals surface area contributed by atoms with Crippen molar-refractivity contribution in [2.24, 2.45) is 5.92 Å². The average Bonchev–Trinajstić information content (AvgIpc) is 2.95. The van der Waals surface area contributed by atoms with Crippen molar-refractivity contribution in [1.82, 2.24) is 0 Å². The van der Waals surface area contributed by atoms with Gasteiger partial charge in [-0.3, -0.25) is 4.79 Å². The van der Waals surface area contributed by atoms with E-state index in [0.717, 1.165) is 30.2 Å². The number of carbonyl (C=O) groups excluding carboxylic acids is 1. The molecule has 1 aliphatic carbocycles. The Morgan fingerprint density at radius 2 is 2.38 bits per heavy atom. The van der Waals surface area contributed by atoms with Gasteiger partial charge in [0.1, 0.15) is 6.29 Å². The summed E-state index contributed by atoms with van der Waals surface area (Å²) in [4.78, 5) is 10.6. The maximum Gasteiger partial charge on any atom is 0.150 e. The number of benzene rings is 1. The van der Waals surface area contributed by atoms with Crippen molar-refractivity contribution in [2.45, 2.75) is 12.3 Å². The summed E-state index contributed by atoms with van der Waals surface area (Å²) in [6.45, 7) is 1.08. The van der Waals surface area contributed by atoms with Gasteiger partial charge in [-0.2, -0.15) is 0 Å². The molecule has 2 unspecified atom stereocenters. The molecule has 0 bridgehead atoms. The van der Waals surface area contributed by atoms with Gasteiger partial charge in [-0.05, 0) is 29.9 Å². The molecule has 1 N–H and O–H groups in total. The van der Waals surface area contributed by atoms with E-state index in [-0.39, 0.29) is 0 Å². The van der Waals surface area contributed by atoms with Crippen LogP contribution in [0.5, 0.6) is 0 Å². The monoisotopic (exact) mass is 173 g/mol. The number of hydrogen-bond acceptors (Lipinski definition) is 2. The summed E-state index contributed by atoms with van der Waals surface area (Å²) in [6.07, 6.45) is 2.22. The smallest absolute Gasteiger partial charge is 0.150 e. The molecule has 0 radical (unpaired) electrons. The van der Waals surface area contributed by atoms with Crippen LogP contribution in [0.4, 0.5) is 5.69 Å². The number of carbonyl (C=O) groups is 1. The summed E-state index contributed by atoms with van der Waals surface area (Å²) >= 11 is 0. The lowest BCUT2D eigenvalue weighted by Crippen LogP contribution is -2.11. The Balaban J connectivity index is 2.09. The number of aldehydes is 1. The van der Waals surface area contributed by atoms with E-state index in [1.165, 1.54) is 17.7 Å². The fourth-order valence-electron chi connectivity index (χ4n) is 2.22. The molecule has 1 aromatic carbocycles. The van der Waals surface area contributed by atoms with E-state index in [1.807, 2.05) is 12.1 Å². The first-order valence-electron chi connectivity index (χ1n) is 4.71. The maximum atomic E-state index is 10.6. The standard InChI is InChI=1S/C11H11NO/c13-6-7-1-2-9-10-4-8(10)5-12-11(9)3-7/h1-3,6,8,10,12H,4-5H2. The van der Waals surface area contributed by atoms with Gasteiger partial charge >= 0.3 is 0 Å². The van der Waals surface area contributed by atoms with Crippen molar-refractivity contribution >= 4 is 12.0 Å². The van der Waals surface area contributed by atoms with Crippen molar-refractivity contribution in [3.8, 4) is 0 Å². The topological polar surface area (TPSA) is 29.1 Å². The average molecular weight is 173 g/mol. The lowest BCUT2D eigenvalue weighted by molar-refractivity contribution is 0.112. The van der Waals surface area contributed by atoms with Gasteiger partial charge in [0.2, 0.25) is 0 Å². The quantitative estimate of drug-likeness (QED) is 0.658. The maximum absolute atomic E-state index is 10.6. The minimum absolute atomic E-state index is 0.769. The predicted octanol–water partition coefficient (Wildman–Crippen LogP) is 2.03. The molecule has 13 heavy (non-hydrogen) atoms. The Morgan fingerprint density at radius 1 is 1.46 bits per heavy atom. The van der Waals surface area contributed by atoms with E-state index < -0.39 is 0 Å². The van der Waals surface area contributed by atoms with Crippen molar-refractivity contribution < 1.29 is 4.79 Å². The van der Waals surface area contributed by atoms with Crippen molar-refractivity contribution in [1.29, 1.82) is 0 Å². The molecular weight excluding hydrogens is 162 g/mol. The summed E-state index contributed by atoms with van der Waals surface area (Å²) in [7, 11) is 0. The Bertz CT molecular complexity index is 372. The molecule has 2 atom stereocenters. The number of fused-ring (bicyclic) bond motifs is 3. The second kappa shape index (κ2) is 2.34. The van der Waals surface area contributed by atoms with Crippen molar-refractivity contribution in [3.63, 3.8) is 0 Å². The molecule has 66 valence electrons. The van der Waals surface area contributed by atoms with Crippen LogP contribution in [0.15, 0.2) is 18.2 Å². The van der Waals surface area contributed by atoms with E-state index in [0.29, 0.717) is 0 Å². The summed E-state index contributed by atoms with van der Waals surface area (Å²) in [5.74, 6) is 1.63. The molecule has 1 aromatic rings. The molecule has 2 nitrogen and oxygen atoms in total. The minimum Gasteiger partial charge on any atom is -0.384 e. The van der Waals surface area contributed by atoms with E-state index in [9.17, 15) is 4.79 Å². The lowest BCUT2D eigenvalue weighted by atomic mass is 10.0. The van der Waals surface area contributed by atoms with E-state index >= 15 is 0 Å². The first-order valence-corrected chi connectivity index (χ1v) is 4.71. The third kappa shape index (κ3) is 0.981. The molecule has 0 saturated heterocycles. The van der Waals surface area contributed by atoms with Crippen molar-refractivity contribution in [2.75, 3.05) is 11.9 Å². The number of nitrogens with one attached hydrogen (secondary N) is 1. The lowest BCUT2D eigenvalue weighted by Gasteiger charge is -2.17. The van der Waals surface area contributed by atoms with Gasteiger partial charge < -0.3 is 5.32 Å². The van der Waals surface area contributed by atoms with Crippen LogP contribution in [0.1, 0.15) is 28.3 Å². The van der Waals surface area contributed by atoms with Crippen LogP contribution in [0.25, 0.3) is 0 Å². The Kier molecular flexibility index (Phi) is 1.29. The minimum atomic E-state index is 0.769. The Hall–Kier alpha value is -1.31. The van der Waals surface area contributed by atoms with Gasteiger partial charge in [0.15, 0.2) is 0 Å². The summed E-state index contributed by atoms with van der Waals surface area (Å²) in [6, 6.07) is 5.96. The third-order valence-electron chi connectivity index (χ3n) is 3.09. The number of rotatable bonds is 1. The van der Waals surface area contributed by atoms with Crippen LogP contribution in [0.2, 0.25) is 0 Å². The third-order valence-corrected chi connectivity index (χ3v) is 3.09. The number of hydrogen-bond donors (Lipinski definition) is 1. The molecule has 1 heterocycles. The highest BCUT2D eigenvalue weighted by molar-refractivity contribution is 5.78. The first-order chi connectivity index (χ1) is 6.38. The predicted molar refractivity (Wildman–Crippen MR) is 51.2 cm³/mol. The summed E-state index contributed by atoms with van der Waals surface area (Å²) in [5, 5.41) is 3.37. The molecule has 1 aliphatic heterocycles. The van der Waals surface area contributed by atoms with Gasteiger partial charge in [0, 0.05) is 17.8 Å². The number of anilines is 1. The normalized spacial score (nSPS) is 28.3. The van der Waals surface area contributed by atoms with Crippen LogP contribution < -0.4 is 5.32 Å². The molecule has 1 fully saturated rings. The molecule has 0 amide bonds. The highest BCUT2D eigenvalue weighted by atomic mass is 16.1. The van der Waals surface area contributed by atoms with Crippen molar-refractivity contribution in [3.05, 3.63) is 29.3 Å². The highest BCUT2D eigenvalue weighted by Gasteiger charge is 2.42. The zero-order valence-electron chi connectivity index (χ0n) is 7.29. The molecule has 0 spiro atoms. The molecule has 2 heteroatoms. The zero-order chi connectivity index (χ0) is 8.84. The molecule has 2 aliphatic rings. The fraction of sp³-hybridized carbons (Fsp3) is 0.364. The zero-order valence-corrected chi connectivity index (χ0v) is 7.29. The Labute approximate surface area is 77.0 Å². The van der Waals surface area contributed by atoms with E-state index in [4.69, 9.17) is 0 Å².